The van der Waals surface area contributed by atoms with E-state index in [0.717, 1.165) is 63.5 Å². The van der Waals surface area contributed by atoms with Gasteiger partial charge in [0.15, 0.2) is 0 Å². The van der Waals surface area contributed by atoms with Crippen LogP contribution < -0.4 is 19.4 Å². The predicted octanol–water partition coefficient (Wildman–Crippen LogP) is 3.44. The molecule has 0 saturated carbocycles. The van der Waals surface area contributed by atoms with E-state index in [1.165, 1.54) is 11.4 Å². The molecule has 1 amide bonds. The zero-order valence-electron chi connectivity index (χ0n) is 18.8. The maximum Gasteiger partial charge on any atom is 0.414 e. The fourth-order valence-electron chi connectivity index (χ4n) is 4.79. The number of anilines is 3. The number of para-hydroxylation sites is 2. The molecule has 1 atom stereocenters. The normalized spacial score (nSPS) is 22.2. The number of cyclic esters (lactones) is 1. The number of piperidine rings is 1. The first kappa shape index (κ1) is 20.9. The molecule has 0 bridgehead atoms. The monoisotopic (exact) mass is 436 g/mol. The summed E-state index contributed by atoms with van der Waals surface area (Å²) in [5, 5.41) is 0. The second-order valence-corrected chi connectivity index (χ2v) is 8.87. The maximum absolute atomic E-state index is 11.8. The van der Waals surface area contributed by atoms with Gasteiger partial charge >= 0.3 is 6.09 Å². The minimum atomic E-state index is -0.261. The molecule has 32 heavy (non-hydrogen) atoms. The first-order chi connectivity index (χ1) is 15.7. The number of piperazine rings is 1. The number of likely N-dealkylation sites (N-methyl/N-ethyl adjacent to an activating group) is 1. The highest BCUT2D eigenvalue weighted by Crippen LogP contribution is 2.32. The molecule has 7 heteroatoms. The Labute approximate surface area is 190 Å². The summed E-state index contributed by atoms with van der Waals surface area (Å²) in [7, 11) is 2.18. The number of amides is 1. The van der Waals surface area contributed by atoms with Crippen molar-refractivity contribution in [1.82, 2.24) is 4.90 Å². The molecule has 2 aromatic rings. The molecule has 3 aliphatic heterocycles. The fraction of sp³-hybridized carbons (Fsp3) is 0.480. The number of benzene rings is 2. The van der Waals surface area contributed by atoms with Gasteiger partial charge < -0.3 is 24.2 Å². The Hall–Kier alpha value is -2.93. The molecule has 3 heterocycles. The number of rotatable bonds is 5. The van der Waals surface area contributed by atoms with Crippen molar-refractivity contribution in [3.63, 3.8) is 0 Å². The van der Waals surface area contributed by atoms with E-state index in [4.69, 9.17) is 9.47 Å². The molecule has 3 fully saturated rings. The number of carbonyl (C=O) groups is 1. The summed E-state index contributed by atoms with van der Waals surface area (Å²) in [5.74, 6) is 0.992. The largest absolute Gasteiger partial charge is 0.486 e. The molecular formula is C25H32N4O3. The van der Waals surface area contributed by atoms with Crippen molar-refractivity contribution in [2.24, 2.45) is 0 Å². The van der Waals surface area contributed by atoms with Gasteiger partial charge in [-0.15, -0.1) is 0 Å². The summed E-state index contributed by atoms with van der Waals surface area (Å²) >= 11 is 0. The summed E-state index contributed by atoms with van der Waals surface area (Å²) in [5.41, 5.74) is 3.27. The van der Waals surface area contributed by atoms with Gasteiger partial charge in [0, 0.05) is 44.1 Å². The molecule has 3 saturated heterocycles. The Balaban J connectivity index is 1.25. The van der Waals surface area contributed by atoms with Gasteiger partial charge in [-0.05, 0) is 56.3 Å². The standard InChI is InChI=1S/C25H32N4O3/c1-26-13-15-27(16-14-26)23-6-2-3-7-24(23)32-22-5-4-12-28(19-22)20-8-10-21(11-9-20)29-17-18-31-25(29)30/h2-3,6-11,22H,4-5,12-19H2,1H3. The molecule has 170 valence electrons. The van der Waals surface area contributed by atoms with Crippen LogP contribution in [0, 0.1) is 0 Å². The predicted molar refractivity (Wildman–Crippen MR) is 127 cm³/mol. The van der Waals surface area contributed by atoms with Gasteiger partial charge in [0.05, 0.1) is 18.8 Å². The lowest BCUT2D eigenvalue weighted by Gasteiger charge is -2.37. The topological polar surface area (TPSA) is 48.5 Å². The maximum atomic E-state index is 11.8. The van der Waals surface area contributed by atoms with E-state index in [2.05, 4.69) is 58.1 Å². The van der Waals surface area contributed by atoms with Crippen molar-refractivity contribution in [3.05, 3.63) is 48.5 Å². The molecule has 1 unspecified atom stereocenters. The minimum absolute atomic E-state index is 0.158. The van der Waals surface area contributed by atoms with Crippen LogP contribution in [0.25, 0.3) is 0 Å². The number of hydrogen-bond donors (Lipinski definition) is 0. The Kier molecular flexibility index (Phi) is 6.08. The van der Waals surface area contributed by atoms with Crippen LogP contribution in [-0.2, 0) is 4.74 Å². The Bertz CT molecular complexity index is 927. The average Bonchev–Trinajstić information content (AvgIpc) is 3.26. The highest BCUT2D eigenvalue weighted by Gasteiger charge is 2.26. The van der Waals surface area contributed by atoms with Crippen molar-refractivity contribution >= 4 is 23.2 Å². The Morgan fingerprint density at radius 3 is 2.38 bits per heavy atom. The zero-order valence-corrected chi connectivity index (χ0v) is 18.8. The molecule has 5 rings (SSSR count). The molecule has 3 aliphatic rings. The second kappa shape index (κ2) is 9.28. The van der Waals surface area contributed by atoms with E-state index in [0.29, 0.717) is 13.2 Å². The lowest BCUT2D eigenvalue weighted by Crippen LogP contribution is -2.45. The van der Waals surface area contributed by atoms with Crippen molar-refractivity contribution in [1.29, 1.82) is 0 Å². The number of nitrogens with zero attached hydrogens (tertiary/aromatic N) is 4. The Morgan fingerprint density at radius 1 is 0.875 bits per heavy atom. The van der Waals surface area contributed by atoms with Crippen molar-refractivity contribution < 1.29 is 14.3 Å². The molecule has 0 spiro atoms. The van der Waals surface area contributed by atoms with Crippen molar-refractivity contribution in [3.8, 4) is 5.75 Å². The molecule has 7 nitrogen and oxygen atoms in total. The first-order valence-electron chi connectivity index (χ1n) is 11.7. The summed E-state index contributed by atoms with van der Waals surface area (Å²) in [6.45, 7) is 7.18. The van der Waals surface area contributed by atoms with Crippen LogP contribution in [0.3, 0.4) is 0 Å². The highest BCUT2D eigenvalue weighted by atomic mass is 16.6. The third-order valence-electron chi connectivity index (χ3n) is 6.67. The Morgan fingerprint density at radius 2 is 1.62 bits per heavy atom. The SMILES string of the molecule is CN1CCN(c2ccccc2OC2CCCN(c3ccc(N4CCOC4=O)cc3)C2)CC1. The van der Waals surface area contributed by atoms with E-state index >= 15 is 0 Å². The van der Waals surface area contributed by atoms with E-state index in [9.17, 15) is 4.79 Å². The first-order valence-corrected chi connectivity index (χ1v) is 11.7. The van der Waals surface area contributed by atoms with E-state index in [1.807, 2.05) is 12.1 Å². The number of carbonyl (C=O) groups excluding carboxylic acids is 1. The van der Waals surface area contributed by atoms with Crippen LogP contribution in [0.1, 0.15) is 12.8 Å². The van der Waals surface area contributed by atoms with E-state index < -0.39 is 0 Å². The summed E-state index contributed by atoms with van der Waals surface area (Å²) < 4.78 is 11.6. The van der Waals surface area contributed by atoms with E-state index in [-0.39, 0.29) is 12.2 Å². The second-order valence-electron chi connectivity index (χ2n) is 8.87. The highest BCUT2D eigenvalue weighted by molar-refractivity contribution is 5.89. The van der Waals surface area contributed by atoms with Crippen LogP contribution in [-0.4, -0.2) is 76.6 Å². The van der Waals surface area contributed by atoms with Crippen molar-refractivity contribution in [2.75, 3.05) is 74.2 Å². The van der Waals surface area contributed by atoms with Crippen LogP contribution in [0.5, 0.6) is 5.75 Å². The molecule has 0 N–H and O–H groups in total. The summed E-state index contributed by atoms with van der Waals surface area (Å²) in [6, 6.07) is 16.7. The molecule has 0 aliphatic carbocycles. The van der Waals surface area contributed by atoms with Gasteiger partial charge in [-0.1, -0.05) is 12.1 Å². The number of ether oxygens (including phenoxy) is 2. The summed E-state index contributed by atoms with van der Waals surface area (Å²) in [6.07, 6.45) is 2.06. The van der Waals surface area contributed by atoms with Crippen LogP contribution in [0.4, 0.5) is 21.9 Å². The van der Waals surface area contributed by atoms with Crippen LogP contribution >= 0.6 is 0 Å². The minimum Gasteiger partial charge on any atom is -0.486 e. The van der Waals surface area contributed by atoms with E-state index in [1.54, 1.807) is 4.90 Å². The molecular weight excluding hydrogens is 404 g/mol. The molecule has 2 aromatic carbocycles. The van der Waals surface area contributed by atoms with Gasteiger partial charge in [0.25, 0.3) is 0 Å². The third kappa shape index (κ3) is 4.48. The van der Waals surface area contributed by atoms with Crippen molar-refractivity contribution in [2.45, 2.75) is 18.9 Å². The third-order valence-corrected chi connectivity index (χ3v) is 6.67. The van der Waals surface area contributed by atoms with Gasteiger partial charge in [-0.3, -0.25) is 4.90 Å². The fourth-order valence-corrected chi connectivity index (χ4v) is 4.79. The average molecular weight is 437 g/mol. The quantitative estimate of drug-likeness (QED) is 0.716. The van der Waals surface area contributed by atoms with Crippen LogP contribution in [0.15, 0.2) is 48.5 Å². The molecule has 0 radical (unpaired) electrons. The van der Waals surface area contributed by atoms with Gasteiger partial charge in [0.2, 0.25) is 0 Å². The smallest absolute Gasteiger partial charge is 0.414 e. The molecule has 0 aromatic heterocycles. The van der Waals surface area contributed by atoms with Gasteiger partial charge in [-0.25, -0.2) is 4.79 Å². The van der Waals surface area contributed by atoms with Crippen LogP contribution in [0.2, 0.25) is 0 Å². The lowest BCUT2D eigenvalue weighted by molar-refractivity contribution is 0.179. The lowest BCUT2D eigenvalue weighted by atomic mass is 10.1. The zero-order chi connectivity index (χ0) is 21.9. The van der Waals surface area contributed by atoms with Gasteiger partial charge in [-0.2, -0.15) is 0 Å². The van der Waals surface area contributed by atoms with Gasteiger partial charge in [0.1, 0.15) is 18.5 Å². The summed E-state index contributed by atoms with van der Waals surface area (Å²) in [4.78, 5) is 20.7. The number of hydrogen-bond acceptors (Lipinski definition) is 6.